The van der Waals surface area contributed by atoms with Gasteiger partial charge < -0.3 is 9.84 Å². The van der Waals surface area contributed by atoms with Crippen molar-refractivity contribution in [2.75, 3.05) is 12.4 Å². The highest BCUT2D eigenvalue weighted by Crippen LogP contribution is 2.21. The highest BCUT2D eigenvalue weighted by Gasteiger charge is 2.09. The first kappa shape index (κ1) is 18.7. The molecule has 1 atom stereocenters. The van der Waals surface area contributed by atoms with Gasteiger partial charge in [-0.25, -0.2) is 4.98 Å². The third-order valence-electron chi connectivity index (χ3n) is 4.00. The molecule has 4 aromatic rings. The Balaban J connectivity index is 1.25. The number of aromatic amines is 1. The third kappa shape index (κ3) is 5.01. The molecule has 142 valence electrons. The SMILES string of the molecule is OC(COc1ccc2ccccc2c1)CSc1n[nH]c(/C=C/c2cccs2)n1. The summed E-state index contributed by atoms with van der Waals surface area (Å²) < 4.78 is 5.73. The predicted molar refractivity (Wildman–Crippen MR) is 116 cm³/mol. The molecule has 2 aromatic carbocycles. The average Bonchev–Trinajstić information content (AvgIpc) is 3.41. The number of thiophene rings is 1. The van der Waals surface area contributed by atoms with E-state index in [1.54, 1.807) is 11.3 Å². The van der Waals surface area contributed by atoms with Crippen LogP contribution < -0.4 is 4.74 Å². The van der Waals surface area contributed by atoms with Gasteiger partial charge in [-0.05, 0) is 46.5 Å². The fraction of sp³-hybridized carbons (Fsp3) is 0.143. The molecule has 2 heterocycles. The lowest BCUT2D eigenvalue weighted by molar-refractivity contribution is 0.126. The number of aromatic nitrogens is 3. The first-order valence-electron chi connectivity index (χ1n) is 8.83. The molecule has 0 aliphatic carbocycles. The fourth-order valence-corrected chi connectivity index (χ4v) is 3.94. The van der Waals surface area contributed by atoms with Crippen LogP contribution in [-0.2, 0) is 0 Å². The van der Waals surface area contributed by atoms with Crippen LogP contribution in [0, 0.1) is 0 Å². The molecule has 0 saturated heterocycles. The molecule has 0 saturated carbocycles. The Morgan fingerprint density at radius 2 is 2.00 bits per heavy atom. The molecule has 0 amide bonds. The highest BCUT2D eigenvalue weighted by atomic mass is 32.2. The number of thioether (sulfide) groups is 1. The predicted octanol–water partition coefficient (Wildman–Crippen LogP) is 4.72. The van der Waals surface area contributed by atoms with Crippen LogP contribution in [0.25, 0.3) is 22.9 Å². The molecule has 0 radical (unpaired) electrons. The number of aliphatic hydroxyl groups is 1. The van der Waals surface area contributed by atoms with Crippen LogP contribution in [0.3, 0.4) is 0 Å². The Morgan fingerprint density at radius 3 is 2.86 bits per heavy atom. The van der Waals surface area contributed by atoms with Crippen LogP contribution in [0.4, 0.5) is 0 Å². The zero-order chi connectivity index (χ0) is 19.2. The first-order valence-corrected chi connectivity index (χ1v) is 10.7. The van der Waals surface area contributed by atoms with Gasteiger partial charge in [-0.15, -0.1) is 16.4 Å². The van der Waals surface area contributed by atoms with Gasteiger partial charge in [-0.1, -0.05) is 48.2 Å². The summed E-state index contributed by atoms with van der Waals surface area (Å²) in [6.07, 6.45) is 3.27. The van der Waals surface area contributed by atoms with E-state index in [1.807, 2.05) is 66.1 Å². The second-order valence-electron chi connectivity index (χ2n) is 6.14. The minimum absolute atomic E-state index is 0.223. The van der Waals surface area contributed by atoms with E-state index >= 15 is 0 Å². The molecule has 28 heavy (non-hydrogen) atoms. The third-order valence-corrected chi connectivity index (χ3v) is 5.83. The Bertz CT molecular complexity index is 1060. The fourth-order valence-electron chi connectivity index (χ4n) is 2.61. The van der Waals surface area contributed by atoms with Crippen LogP contribution in [0.2, 0.25) is 0 Å². The molecular formula is C21H19N3O2S2. The van der Waals surface area contributed by atoms with E-state index in [-0.39, 0.29) is 6.61 Å². The van der Waals surface area contributed by atoms with Gasteiger partial charge in [0.25, 0.3) is 0 Å². The number of rotatable bonds is 8. The summed E-state index contributed by atoms with van der Waals surface area (Å²) in [5.41, 5.74) is 0. The molecule has 0 spiro atoms. The van der Waals surface area contributed by atoms with E-state index in [0.717, 1.165) is 16.0 Å². The molecule has 1 unspecified atom stereocenters. The van der Waals surface area contributed by atoms with Crippen molar-refractivity contribution in [1.82, 2.24) is 15.2 Å². The van der Waals surface area contributed by atoms with Gasteiger partial charge in [0.2, 0.25) is 5.16 Å². The van der Waals surface area contributed by atoms with Crippen molar-refractivity contribution < 1.29 is 9.84 Å². The van der Waals surface area contributed by atoms with Crippen molar-refractivity contribution in [3.05, 3.63) is 70.7 Å². The number of nitrogens with zero attached hydrogens (tertiary/aromatic N) is 2. The highest BCUT2D eigenvalue weighted by molar-refractivity contribution is 7.99. The first-order chi connectivity index (χ1) is 13.8. The number of aliphatic hydroxyl groups excluding tert-OH is 1. The van der Waals surface area contributed by atoms with Crippen molar-refractivity contribution in [2.24, 2.45) is 0 Å². The van der Waals surface area contributed by atoms with Crippen molar-refractivity contribution in [3.63, 3.8) is 0 Å². The largest absolute Gasteiger partial charge is 0.491 e. The Morgan fingerprint density at radius 1 is 1.11 bits per heavy atom. The van der Waals surface area contributed by atoms with Gasteiger partial charge in [-0.2, -0.15) is 0 Å². The van der Waals surface area contributed by atoms with Crippen LogP contribution in [-0.4, -0.2) is 38.8 Å². The lowest BCUT2D eigenvalue weighted by Gasteiger charge is -2.11. The summed E-state index contributed by atoms with van der Waals surface area (Å²) >= 11 is 3.06. The maximum Gasteiger partial charge on any atom is 0.208 e. The zero-order valence-electron chi connectivity index (χ0n) is 15.0. The summed E-state index contributed by atoms with van der Waals surface area (Å²) in [7, 11) is 0. The molecule has 0 bridgehead atoms. The summed E-state index contributed by atoms with van der Waals surface area (Å²) in [6.45, 7) is 0.223. The lowest BCUT2D eigenvalue weighted by Crippen LogP contribution is -2.20. The molecular weight excluding hydrogens is 390 g/mol. The van der Waals surface area contributed by atoms with Crippen molar-refractivity contribution in [2.45, 2.75) is 11.3 Å². The van der Waals surface area contributed by atoms with E-state index in [4.69, 9.17) is 4.74 Å². The maximum atomic E-state index is 10.2. The topological polar surface area (TPSA) is 71.0 Å². The number of fused-ring (bicyclic) bond motifs is 1. The molecule has 2 aromatic heterocycles. The van der Waals surface area contributed by atoms with Gasteiger partial charge in [-0.3, -0.25) is 5.10 Å². The standard InChI is InChI=1S/C21H19N3O2S2/c25-17(13-26-18-8-7-15-4-1-2-5-16(15)12-18)14-28-21-22-20(23-24-21)10-9-19-6-3-11-27-19/h1-12,17,25H,13-14H2,(H,22,23,24)/b10-9+. The van der Waals surface area contributed by atoms with Gasteiger partial charge >= 0.3 is 0 Å². The summed E-state index contributed by atoms with van der Waals surface area (Å²) in [5.74, 6) is 1.90. The van der Waals surface area contributed by atoms with Crippen molar-refractivity contribution in [3.8, 4) is 5.75 Å². The Hall–Kier alpha value is -2.61. The zero-order valence-corrected chi connectivity index (χ0v) is 16.6. The van der Waals surface area contributed by atoms with Crippen molar-refractivity contribution in [1.29, 1.82) is 0 Å². The molecule has 0 aliphatic rings. The van der Waals surface area contributed by atoms with Gasteiger partial charge in [0.1, 0.15) is 18.2 Å². The molecule has 0 aliphatic heterocycles. The van der Waals surface area contributed by atoms with Gasteiger partial charge in [0.05, 0.1) is 6.10 Å². The van der Waals surface area contributed by atoms with E-state index < -0.39 is 6.10 Å². The van der Waals surface area contributed by atoms with Crippen LogP contribution >= 0.6 is 23.1 Å². The Labute approximate surface area is 171 Å². The number of hydrogen-bond acceptors (Lipinski definition) is 6. The van der Waals surface area contributed by atoms with Gasteiger partial charge in [0, 0.05) is 10.6 Å². The number of H-pyrrole nitrogens is 1. The van der Waals surface area contributed by atoms with Crippen molar-refractivity contribution >= 4 is 46.0 Å². The second kappa shape index (κ2) is 9.05. The second-order valence-corrected chi connectivity index (χ2v) is 8.10. The normalized spacial score (nSPS) is 12.6. The molecule has 4 rings (SSSR count). The number of hydrogen-bond donors (Lipinski definition) is 2. The smallest absolute Gasteiger partial charge is 0.208 e. The van der Waals surface area contributed by atoms with Crippen LogP contribution in [0.1, 0.15) is 10.7 Å². The van der Waals surface area contributed by atoms with E-state index in [9.17, 15) is 5.11 Å². The summed E-state index contributed by atoms with van der Waals surface area (Å²) in [6, 6.07) is 18.1. The number of benzene rings is 2. The van der Waals surface area contributed by atoms with E-state index in [0.29, 0.717) is 16.7 Å². The monoisotopic (exact) mass is 409 g/mol. The maximum absolute atomic E-state index is 10.2. The van der Waals surface area contributed by atoms with Crippen LogP contribution in [0.15, 0.2) is 65.1 Å². The number of nitrogens with one attached hydrogen (secondary N) is 1. The average molecular weight is 410 g/mol. The molecule has 0 fully saturated rings. The molecule has 7 heteroatoms. The van der Waals surface area contributed by atoms with Gasteiger partial charge in [0.15, 0.2) is 0 Å². The quantitative estimate of drug-likeness (QED) is 0.412. The van der Waals surface area contributed by atoms with E-state index in [2.05, 4.69) is 21.2 Å². The summed E-state index contributed by atoms with van der Waals surface area (Å²) in [5, 5.41) is 22.2. The molecule has 5 nitrogen and oxygen atoms in total. The van der Waals surface area contributed by atoms with E-state index in [1.165, 1.54) is 17.1 Å². The Kier molecular flexibility index (Phi) is 6.06. The molecule has 2 N–H and O–H groups in total. The minimum Gasteiger partial charge on any atom is -0.491 e. The lowest BCUT2D eigenvalue weighted by atomic mass is 10.1. The van der Waals surface area contributed by atoms with Crippen LogP contribution in [0.5, 0.6) is 5.75 Å². The number of ether oxygens (including phenoxy) is 1. The summed E-state index contributed by atoms with van der Waals surface area (Å²) in [4.78, 5) is 5.56. The minimum atomic E-state index is -0.611.